The molecule has 0 saturated carbocycles. The van der Waals surface area contributed by atoms with Gasteiger partial charge in [0, 0.05) is 19.0 Å². The Hall–Kier alpha value is -2.07. The summed E-state index contributed by atoms with van der Waals surface area (Å²) in [4.78, 5) is 0. The van der Waals surface area contributed by atoms with E-state index in [0.717, 1.165) is 18.6 Å². The molecule has 1 aromatic heterocycles. The Morgan fingerprint density at radius 1 is 0.923 bits per heavy atom. The maximum Gasteiger partial charge on any atom is 0.467 e. The molecular formula is C35H51N2OSi+. The van der Waals surface area contributed by atoms with Crippen molar-refractivity contribution >= 4 is 19.5 Å². The predicted octanol–water partition coefficient (Wildman–Crippen LogP) is 9.33. The maximum absolute atomic E-state index is 6.97. The topological polar surface area (TPSA) is 18.0 Å². The van der Waals surface area contributed by atoms with Crippen molar-refractivity contribution in [2.45, 2.75) is 136 Å². The van der Waals surface area contributed by atoms with Crippen LogP contribution in [-0.4, -0.2) is 12.7 Å². The summed E-state index contributed by atoms with van der Waals surface area (Å²) in [5, 5.41) is 0. The average Bonchev–Trinajstić information content (AvgIpc) is 3.28. The first-order valence-corrected chi connectivity index (χ1v) is 18.6. The van der Waals surface area contributed by atoms with Crippen molar-refractivity contribution in [1.82, 2.24) is 4.23 Å². The van der Waals surface area contributed by atoms with Crippen molar-refractivity contribution < 1.29 is 8.99 Å². The third-order valence-electron chi connectivity index (χ3n) is 12.5. The van der Waals surface area contributed by atoms with E-state index in [1.165, 1.54) is 53.7 Å². The van der Waals surface area contributed by atoms with E-state index >= 15 is 0 Å². The van der Waals surface area contributed by atoms with E-state index in [2.05, 4.69) is 115 Å². The van der Waals surface area contributed by atoms with E-state index in [9.17, 15) is 0 Å². The van der Waals surface area contributed by atoms with Crippen molar-refractivity contribution in [3.05, 3.63) is 47.0 Å². The van der Waals surface area contributed by atoms with Gasteiger partial charge >= 0.3 is 8.48 Å². The summed E-state index contributed by atoms with van der Waals surface area (Å²) in [6.45, 7) is 27.1. The molecule has 0 radical (unpaired) electrons. The first-order chi connectivity index (χ1) is 18.2. The number of imidazole rings is 1. The smallest absolute Gasteiger partial charge is 0.467 e. The van der Waals surface area contributed by atoms with Gasteiger partial charge in [-0.15, -0.1) is 0 Å². The Morgan fingerprint density at radius 2 is 1.56 bits per heavy atom. The van der Waals surface area contributed by atoms with Crippen LogP contribution in [0.15, 0.2) is 30.3 Å². The van der Waals surface area contributed by atoms with Gasteiger partial charge < -0.3 is 4.43 Å². The second-order valence-corrected chi connectivity index (χ2v) is 18.3. The number of rotatable bonds is 6. The number of aromatic nitrogens is 2. The molecule has 4 heteroatoms. The lowest BCUT2D eigenvalue weighted by atomic mass is 9.56. The SMILES string of the molecule is CCCCCC1(C)C(C)(C)c2cc3c(cc2C1(C)C)[n+]1c2n3[Si](C)(C)Oc3cccc(c3-2)C(C)C1(CC)CC. The molecular weight excluding hydrogens is 492 g/mol. The fourth-order valence-corrected chi connectivity index (χ4v) is 11.7. The van der Waals surface area contributed by atoms with Crippen LogP contribution in [0.25, 0.3) is 22.4 Å². The normalized spacial score (nSPS) is 26.3. The summed E-state index contributed by atoms with van der Waals surface area (Å²) in [6.07, 6.45) is 7.42. The van der Waals surface area contributed by atoms with E-state index in [4.69, 9.17) is 4.43 Å². The molecule has 0 spiro atoms. The zero-order valence-electron chi connectivity index (χ0n) is 26.5. The van der Waals surface area contributed by atoms with Gasteiger partial charge in [0.05, 0.1) is 0 Å². The highest BCUT2D eigenvalue weighted by atomic mass is 28.4. The predicted molar refractivity (Wildman–Crippen MR) is 166 cm³/mol. The third-order valence-corrected chi connectivity index (χ3v) is 14.8. The molecule has 210 valence electrons. The van der Waals surface area contributed by atoms with Crippen molar-refractivity contribution in [2.75, 3.05) is 0 Å². The van der Waals surface area contributed by atoms with Crippen LogP contribution in [0.2, 0.25) is 13.1 Å². The van der Waals surface area contributed by atoms with Gasteiger partial charge in [-0.3, -0.25) is 0 Å². The summed E-state index contributed by atoms with van der Waals surface area (Å²) in [5.74, 6) is 2.92. The van der Waals surface area contributed by atoms with E-state index in [1.807, 2.05) is 0 Å². The molecule has 39 heavy (non-hydrogen) atoms. The van der Waals surface area contributed by atoms with E-state index in [1.54, 1.807) is 11.1 Å². The number of fused-ring (bicyclic) bond motifs is 4. The van der Waals surface area contributed by atoms with Crippen molar-refractivity contribution in [2.24, 2.45) is 5.41 Å². The van der Waals surface area contributed by atoms with E-state index < -0.39 is 8.48 Å². The van der Waals surface area contributed by atoms with Gasteiger partial charge in [0.15, 0.2) is 11.0 Å². The number of hydrogen-bond acceptors (Lipinski definition) is 1. The molecule has 6 rings (SSSR count). The van der Waals surface area contributed by atoms with Crippen LogP contribution in [0, 0.1) is 5.41 Å². The largest absolute Gasteiger partial charge is 0.508 e. The summed E-state index contributed by atoms with van der Waals surface area (Å²) in [6, 6.07) is 12.1. The van der Waals surface area contributed by atoms with Gasteiger partial charge in [0.1, 0.15) is 16.9 Å². The van der Waals surface area contributed by atoms with E-state index in [-0.39, 0.29) is 21.8 Å². The molecule has 3 heterocycles. The second-order valence-electron chi connectivity index (χ2n) is 14.7. The van der Waals surface area contributed by atoms with Gasteiger partial charge in [-0.2, -0.15) is 0 Å². The molecule has 0 amide bonds. The fourth-order valence-electron chi connectivity index (χ4n) is 9.46. The minimum atomic E-state index is -2.29. The molecule has 0 fully saturated rings. The third kappa shape index (κ3) is 3.02. The lowest BCUT2D eigenvalue weighted by Gasteiger charge is -2.48. The molecule has 3 aromatic rings. The number of hydrogen-bond donors (Lipinski definition) is 0. The first kappa shape index (κ1) is 27.1. The highest BCUT2D eigenvalue weighted by molar-refractivity contribution is 6.72. The Balaban J connectivity index is 1.74. The fraction of sp³-hybridized carbons (Fsp3) is 0.629. The van der Waals surface area contributed by atoms with Crippen LogP contribution in [0.1, 0.15) is 123 Å². The van der Waals surface area contributed by atoms with Crippen LogP contribution in [-0.2, 0) is 16.4 Å². The lowest BCUT2D eigenvalue weighted by Crippen LogP contribution is -2.63. The monoisotopic (exact) mass is 543 g/mol. The Morgan fingerprint density at radius 3 is 2.18 bits per heavy atom. The van der Waals surface area contributed by atoms with Gasteiger partial charge in [-0.05, 0) is 70.4 Å². The second kappa shape index (κ2) is 8.24. The molecule has 2 atom stereocenters. The summed E-state index contributed by atoms with van der Waals surface area (Å²) in [5.41, 5.74) is 9.17. The number of unbranched alkanes of at least 4 members (excludes halogenated alkanes) is 2. The quantitative estimate of drug-likeness (QED) is 0.172. The van der Waals surface area contributed by atoms with Crippen LogP contribution < -0.4 is 8.99 Å². The van der Waals surface area contributed by atoms with Gasteiger partial charge in [0.2, 0.25) is 0 Å². The molecule has 2 unspecified atom stereocenters. The van der Waals surface area contributed by atoms with Crippen molar-refractivity contribution in [3.8, 4) is 17.1 Å². The average molecular weight is 544 g/mol. The number of benzene rings is 2. The molecule has 3 nitrogen and oxygen atoms in total. The van der Waals surface area contributed by atoms with Gasteiger partial charge in [0.25, 0.3) is 5.82 Å². The molecule has 1 aliphatic carbocycles. The Labute approximate surface area is 238 Å². The lowest BCUT2D eigenvalue weighted by molar-refractivity contribution is -0.739. The molecule has 0 bridgehead atoms. The molecule has 2 aromatic carbocycles. The van der Waals surface area contributed by atoms with Gasteiger partial charge in [-0.1, -0.05) is 93.7 Å². The zero-order valence-corrected chi connectivity index (χ0v) is 27.5. The zero-order chi connectivity index (χ0) is 28.3. The molecule has 3 aliphatic rings. The minimum absolute atomic E-state index is 0.0448. The van der Waals surface area contributed by atoms with E-state index in [0.29, 0.717) is 5.92 Å². The first-order valence-electron chi connectivity index (χ1n) is 15.7. The van der Waals surface area contributed by atoms with Gasteiger partial charge in [-0.25, -0.2) is 8.80 Å². The Bertz CT molecular complexity index is 1490. The molecule has 2 aliphatic heterocycles. The van der Waals surface area contributed by atoms with Crippen LogP contribution in [0.3, 0.4) is 0 Å². The summed E-state index contributed by atoms with van der Waals surface area (Å²) in [7, 11) is -2.29. The highest BCUT2D eigenvalue weighted by Gasteiger charge is 2.61. The standard InChI is InChI=1S/C35H51N2OSi/c1-12-15-16-20-34(9)32(5,6)25-21-27-28(22-26(25)33(34,7)8)37-31-30-24(18-17-19-29(30)38-39(37,10)11)23(4)35(13-2,14-3)36(27)31/h17-19,21-23H,12-16,20H2,1-11H3/q+1. The molecule has 0 N–H and O–H groups in total. The summed E-state index contributed by atoms with van der Waals surface area (Å²) < 4.78 is 12.5. The number of nitrogens with zero attached hydrogens (tertiary/aromatic N) is 2. The summed E-state index contributed by atoms with van der Waals surface area (Å²) >= 11 is 0. The van der Waals surface area contributed by atoms with Crippen LogP contribution >= 0.6 is 0 Å². The van der Waals surface area contributed by atoms with Crippen molar-refractivity contribution in [1.29, 1.82) is 0 Å². The molecule has 0 saturated heterocycles. The van der Waals surface area contributed by atoms with Crippen LogP contribution in [0.4, 0.5) is 0 Å². The van der Waals surface area contributed by atoms with Crippen molar-refractivity contribution in [3.63, 3.8) is 0 Å². The maximum atomic E-state index is 6.97. The Kier molecular flexibility index (Phi) is 5.73. The van der Waals surface area contributed by atoms with Crippen LogP contribution in [0.5, 0.6) is 5.75 Å². The highest BCUT2D eigenvalue weighted by Crippen LogP contribution is 2.64. The minimum Gasteiger partial charge on any atom is -0.508 e.